The zero-order valence-electron chi connectivity index (χ0n) is 11.4. The van der Waals surface area contributed by atoms with Crippen LogP contribution in [0.25, 0.3) is 0 Å². The normalized spacial score (nSPS) is 13.0. The van der Waals surface area contributed by atoms with Crippen molar-refractivity contribution in [2.24, 2.45) is 0 Å². The van der Waals surface area contributed by atoms with E-state index in [0.29, 0.717) is 11.3 Å². The highest BCUT2D eigenvalue weighted by Crippen LogP contribution is 2.21. The minimum atomic E-state index is -1.56. The van der Waals surface area contributed by atoms with E-state index in [1.807, 2.05) is 0 Å². The van der Waals surface area contributed by atoms with Gasteiger partial charge in [-0.25, -0.2) is 9.59 Å². The molecule has 0 aliphatic rings. The summed E-state index contributed by atoms with van der Waals surface area (Å²) in [6.45, 7) is 1.41. The molecule has 5 nitrogen and oxygen atoms in total. The van der Waals surface area contributed by atoms with Gasteiger partial charge in [-0.05, 0) is 24.6 Å². The third-order valence-corrected chi connectivity index (χ3v) is 3.08. The first-order chi connectivity index (χ1) is 10.0. The van der Waals surface area contributed by atoms with Gasteiger partial charge < -0.3 is 15.2 Å². The second-order valence-electron chi connectivity index (χ2n) is 4.62. The van der Waals surface area contributed by atoms with Crippen molar-refractivity contribution in [3.63, 3.8) is 0 Å². The Morgan fingerprint density at radius 1 is 1.00 bits per heavy atom. The van der Waals surface area contributed by atoms with Crippen LogP contribution in [0, 0.1) is 0 Å². The quantitative estimate of drug-likeness (QED) is 0.905. The molecule has 0 radical (unpaired) electrons. The molecule has 1 unspecified atom stereocenters. The fourth-order valence-corrected chi connectivity index (χ4v) is 1.85. The highest BCUT2D eigenvalue weighted by atomic mass is 16.6. The number of hydrogen-bond donors (Lipinski definition) is 2. The number of para-hydroxylation sites is 1. The lowest BCUT2D eigenvalue weighted by Crippen LogP contribution is -2.50. The van der Waals surface area contributed by atoms with Gasteiger partial charge in [0.25, 0.3) is 0 Å². The summed E-state index contributed by atoms with van der Waals surface area (Å²) in [6, 6.07) is 16.9. The SMILES string of the molecule is CC(NC(=O)Oc1ccccc1)(C(=O)O)c1ccccc1. The van der Waals surface area contributed by atoms with Gasteiger partial charge in [0.1, 0.15) is 5.75 Å². The number of hydrogen-bond acceptors (Lipinski definition) is 3. The predicted octanol–water partition coefficient (Wildman–Crippen LogP) is 2.78. The van der Waals surface area contributed by atoms with Gasteiger partial charge >= 0.3 is 12.1 Å². The Morgan fingerprint density at radius 3 is 2.05 bits per heavy atom. The van der Waals surface area contributed by atoms with Crippen LogP contribution >= 0.6 is 0 Å². The van der Waals surface area contributed by atoms with Gasteiger partial charge in [0.2, 0.25) is 0 Å². The van der Waals surface area contributed by atoms with Crippen LogP contribution in [0.15, 0.2) is 60.7 Å². The Bertz CT molecular complexity index is 627. The van der Waals surface area contributed by atoms with Crippen molar-refractivity contribution in [3.05, 3.63) is 66.2 Å². The van der Waals surface area contributed by atoms with Gasteiger partial charge in [-0.3, -0.25) is 0 Å². The van der Waals surface area contributed by atoms with Crippen LogP contribution in [0.5, 0.6) is 5.75 Å². The molecule has 0 aliphatic heterocycles. The topological polar surface area (TPSA) is 75.6 Å². The molecule has 5 heteroatoms. The van der Waals surface area contributed by atoms with Gasteiger partial charge in [0.15, 0.2) is 5.54 Å². The molecule has 0 heterocycles. The zero-order chi connectivity index (χ0) is 15.3. The summed E-state index contributed by atoms with van der Waals surface area (Å²) in [5.74, 6) is -0.825. The fourth-order valence-electron chi connectivity index (χ4n) is 1.85. The number of carbonyl (C=O) groups is 2. The number of carboxylic acid groups (broad SMARTS) is 1. The lowest BCUT2D eigenvalue weighted by molar-refractivity contribution is -0.144. The summed E-state index contributed by atoms with van der Waals surface area (Å²) >= 11 is 0. The molecule has 0 spiro atoms. The van der Waals surface area contributed by atoms with Gasteiger partial charge in [0.05, 0.1) is 0 Å². The molecule has 0 bridgehead atoms. The van der Waals surface area contributed by atoms with Crippen molar-refractivity contribution >= 4 is 12.1 Å². The van der Waals surface area contributed by atoms with E-state index in [1.54, 1.807) is 60.7 Å². The first-order valence-corrected chi connectivity index (χ1v) is 6.36. The Hall–Kier alpha value is -2.82. The molecule has 1 atom stereocenters. The number of rotatable bonds is 4. The lowest BCUT2D eigenvalue weighted by atomic mass is 9.92. The summed E-state index contributed by atoms with van der Waals surface area (Å²) in [6.07, 6.45) is -0.824. The second kappa shape index (κ2) is 6.09. The van der Waals surface area contributed by atoms with Crippen molar-refractivity contribution in [2.45, 2.75) is 12.5 Å². The molecule has 21 heavy (non-hydrogen) atoms. The molecule has 0 aromatic heterocycles. The van der Waals surface area contributed by atoms with Crippen LogP contribution in [-0.4, -0.2) is 17.2 Å². The summed E-state index contributed by atoms with van der Waals surface area (Å²) in [5, 5.41) is 11.8. The average molecular weight is 285 g/mol. The first-order valence-electron chi connectivity index (χ1n) is 6.36. The molecule has 108 valence electrons. The Kier molecular flexibility index (Phi) is 4.23. The molecule has 1 amide bonds. The van der Waals surface area contributed by atoms with E-state index in [9.17, 15) is 14.7 Å². The van der Waals surface area contributed by atoms with Crippen LogP contribution in [0.2, 0.25) is 0 Å². The van der Waals surface area contributed by atoms with E-state index in [4.69, 9.17) is 4.74 Å². The first kappa shape index (κ1) is 14.6. The number of nitrogens with one attached hydrogen (secondary N) is 1. The van der Waals surface area contributed by atoms with Crippen molar-refractivity contribution in [2.75, 3.05) is 0 Å². The number of benzene rings is 2. The maximum atomic E-state index is 11.9. The van der Waals surface area contributed by atoms with Crippen molar-refractivity contribution in [3.8, 4) is 5.75 Å². The molecule has 2 N–H and O–H groups in total. The number of carbonyl (C=O) groups excluding carboxylic acids is 1. The zero-order valence-corrected chi connectivity index (χ0v) is 11.4. The second-order valence-corrected chi connectivity index (χ2v) is 4.62. The number of ether oxygens (including phenoxy) is 1. The van der Waals surface area contributed by atoms with Crippen molar-refractivity contribution in [1.82, 2.24) is 5.32 Å². The smallest absolute Gasteiger partial charge is 0.413 e. The highest BCUT2D eigenvalue weighted by molar-refractivity contribution is 5.86. The Balaban J connectivity index is 2.17. The molecule has 0 saturated heterocycles. The van der Waals surface area contributed by atoms with Gasteiger partial charge in [0, 0.05) is 0 Å². The summed E-state index contributed by atoms with van der Waals surface area (Å²) in [7, 11) is 0. The molecule has 2 rings (SSSR count). The fraction of sp³-hybridized carbons (Fsp3) is 0.125. The number of amides is 1. The van der Waals surface area contributed by atoms with E-state index >= 15 is 0 Å². The summed E-state index contributed by atoms with van der Waals surface area (Å²) in [4.78, 5) is 23.4. The van der Waals surface area contributed by atoms with Crippen molar-refractivity contribution in [1.29, 1.82) is 0 Å². The standard InChI is InChI=1S/C16H15NO4/c1-16(14(18)19,12-8-4-2-5-9-12)17-15(20)21-13-10-6-3-7-11-13/h2-11H,1H3,(H,17,20)(H,18,19). The van der Waals surface area contributed by atoms with E-state index in [-0.39, 0.29) is 0 Å². The minimum absolute atomic E-state index is 0.343. The predicted molar refractivity (Wildman–Crippen MR) is 77.0 cm³/mol. The van der Waals surface area contributed by atoms with Gasteiger partial charge in [-0.2, -0.15) is 0 Å². The lowest BCUT2D eigenvalue weighted by Gasteiger charge is -2.26. The minimum Gasteiger partial charge on any atom is -0.479 e. The number of carboxylic acids is 1. The number of aliphatic carboxylic acids is 1. The molecular weight excluding hydrogens is 270 g/mol. The molecule has 2 aromatic rings. The maximum absolute atomic E-state index is 11.9. The van der Waals surface area contributed by atoms with Crippen LogP contribution < -0.4 is 10.1 Å². The summed E-state index contributed by atoms with van der Waals surface area (Å²) < 4.78 is 5.07. The monoisotopic (exact) mass is 285 g/mol. The van der Waals surface area contributed by atoms with E-state index in [1.165, 1.54) is 6.92 Å². The van der Waals surface area contributed by atoms with Gasteiger partial charge in [-0.15, -0.1) is 0 Å². The van der Waals surface area contributed by atoms with Gasteiger partial charge in [-0.1, -0.05) is 48.5 Å². The van der Waals surface area contributed by atoms with Crippen LogP contribution in [0.1, 0.15) is 12.5 Å². The molecular formula is C16H15NO4. The average Bonchev–Trinajstić information content (AvgIpc) is 2.48. The van der Waals surface area contributed by atoms with E-state index in [2.05, 4.69) is 5.32 Å². The molecule has 0 saturated carbocycles. The highest BCUT2D eigenvalue weighted by Gasteiger charge is 2.37. The third-order valence-electron chi connectivity index (χ3n) is 3.08. The van der Waals surface area contributed by atoms with Crippen LogP contribution in [0.4, 0.5) is 4.79 Å². The summed E-state index contributed by atoms with van der Waals surface area (Å²) in [5.41, 5.74) is -1.10. The third kappa shape index (κ3) is 3.39. The molecule has 0 fully saturated rings. The van der Waals surface area contributed by atoms with Crippen molar-refractivity contribution < 1.29 is 19.4 Å². The maximum Gasteiger partial charge on any atom is 0.413 e. The van der Waals surface area contributed by atoms with Crippen LogP contribution in [0.3, 0.4) is 0 Å². The van der Waals surface area contributed by atoms with Crippen LogP contribution in [-0.2, 0) is 10.3 Å². The molecule has 0 aliphatic carbocycles. The van der Waals surface area contributed by atoms with E-state index < -0.39 is 17.6 Å². The Morgan fingerprint density at radius 2 is 1.52 bits per heavy atom. The largest absolute Gasteiger partial charge is 0.479 e. The van der Waals surface area contributed by atoms with E-state index in [0.717, 1.165) is 0 Å². The molecule has 2 aromatic carbocycles. The Labute approximate surface area is 122 Å².